The first-order valence-electron chi connectivity index (χ1n) is 6.05. The number of aliphatic hydroxyl groups is 2. The summed E-state index contributed by atoms with van der Waals surface area (Å²) in [6.07, 6.45) is 5.77. The summed E-state index contributed by atoms with van der Waals surface area (Å²) in [7, 11) is 2.03. The Labute approximate surface area is 93.1 Å². The monoisotopic (exact) mass is 215 g/mol. The molecule has 3 nitrogen and oxygen atoms in total. The Bertz CT molecular complexity index is 176. The summed E-state index contributed by atoms with van der Waals surface area (Å²) < 4.78 is 0. The van der Waals surface area contributed by atoms with Gasteiger partial charge in [0.15, 0.2) is 0 Å². The molecule has 3 heteroatoms. The molecule has 1 aliphatic rings. The second-order valence-corrected chi connectivity index (χ2v) is 5.26. The average molecular weight is 215 g/mol. The van der Waals surface area contributed by atoms with Gasteiger partial charge in [-0.1, -0.05) is 19.3 Å². The third-order valence-electron chi connectivity index (χ3n) is 3.43. The maximum Gasteiger partial charge on any atom is 0.0638 e. The molecule has 0 radical (unpaired) electrons. The van der Waals surface area contributed by atoms with E-state index in [1.807, 2.05) is 14.0 Å². The molecule has 0 saturated heterocycles. The van der Waals surface area contributed by atoms with Crippen LogP contribution in [0.4, 0.5) is 0 Å². The molecule has 1 rings (SSSR count). The van der Waals surface area contributed by atoms with Crippen LogP contribution in [0.25, 0.3) is 0 Å². The van der Waals surface area contributed by atoms with E-state index in [9.17, 15) is 10.2 Å². The Kier molecular flexibility index (Phi) is 5.03. The van der Waals surface area contributed by atoms with Gasteiger partial charge in [0.05, 0.1) is 6.10 Å². The molecule has 1 aliphatic carbocycles. The molecule has 0 amide bonds. The van der Waals surface area contributed by atoms with Gasteiger partial charge in [-0.25, -0.2) is 0 Å². The molecular formula is C12H25NO2. The van der Waals surface area contributed by atoms with Crippen molar-refractivity contribution in [1.29, 1.82) is 0 Å². The van der Waals surface area contributed by atoms with Crippen LogP contribution >= 0.6 is 0 Å². The van der Waals surface area contributed by atoms with E-state index in [0.717, 1.165) is 19.4 Å². The molecule has 1 saturated carbocycles. The second kappa shape index (κ2) is 5.83. The molecule has 15 heavy (non-hydrogen) atoms. The minimum Gasteiger partial charge on any atom is -0.396 e. The molecule has 2 N–H and O–H groups in total. The highest BCUT2D eigenvalue weighted by Gasteiger charge is 2.32. The third kappa shape index (κ3) is 4.09. The van der Waals surface area contributed by atoms with Crippen molar-refractivity contribution in [3.05, 3.63) is 0 Å². The van der Waals surface area contributed by atoms with E-state index in [0.29, 0.717) is 6.54 Å². The molecule has 1 unspecified atom stereocenters. The number of hydrogen-bond donors (Lipinski definition) is 2. The number of hydrogen-bond acceptors (Lipinski definition) is 3. The van der Waals surface area contributed by atoms with Crippen LogP contribution in [0.5, 0.6) is 0 Å². The van der Waals surface area contributed by atoms with Crippen LogP contribution in [0, 0.1) is 5.41 Å². The maximum absolute atomic E-state index is 9.54. The summed E-state index contributed by atoms with van der Waals surface area (Å²) in [5.41, 5.74) is 0.0991. The summed E-state index contributed by atoms with van der Waals surface area (Å²) in [6, 6.07) is 0. The van der Waals surface area contributed by atoms with E-state index in [4.69, 9.17) is 0 Å². The lowest BCUT2D eigenvalue weighted by Crippen LogP contribution is -2.42. The van der Waals surface area contributed by atoms with Crippen LogP contribution < -0.4 is 0 Å². The molecule has 0 spiro atoms. The van der Waals surface area contributed by atoms with Gasteiger partial charge in [-0.2, -0.15) is 0 Å². The largest absolute Gasteiger partial charge is 0.396 e. The van der Waals surface area contributed by atoms with E-state index < -0.39 is 0 Å². The van der Waals surface area contributed by atoms with Gasteiger partial charge in [0.2, 0.25) is 0 Å². The van der Waals surface area contributed by atoms with Gasteiger partial charge < -0.3 is 15.1 Å². The lowest BCUT2D eigenvalue weighted by Gasteiger charge is -2.39. The number of aliphatic hydroxyl groups excluding tert-OH is 2. The van der Waals surface area contributed by atoms with Crippen molar-refractivity contribution < 1.29 is 10.2 Å². The van der Waals surface area contributed by atoms with Crippen LogP contribution in [0.2, 0.25) is 0 Å². The minimum atomic E-state index is -0.283. The van der Waals surface area contributed by atoms with Crippen molar-refractivity contribution in [2.75, 3.05) is 26.7 Å². The van der Waals surface area contributed by atoms with Crippen LogP contribution in [0.3, 0.4) is 0 Å². The van der Waals surface area contributed by atoms with Gasteiger partial charge in [-0.15, -0.1) is 0 Å². The third-order valence-corrected chi connectivity index (χ3v) is 3.43. The van der Waals surface area contributed by atoms with Crippen LogP contribution in [-0.4, -0.2) is 48.0 Å². The minimum absolute atomic E-state index is 0.0991. The van der Waals surface area contributed by atoms with Crippen molar-refractivity contribution in [3.63, 3.8) is 0 Å². The topological polar surface area (TPSA) is 43.7 Å². The van der Waals surface area contributed by atoms with Gasteiger partial charge in [-0.05, 0) is 26.8 Å². The Balaban J connectivity index is 2.43. The van der Waals surface area contributed by atoms with Crippen molar-refractivity contribution in [2.24, 2.45) is 5.41 Å². The van der Waals surface area contributed by atoms with Gasteiger partial charge >= 0.3 is 0 Å². The first-order valence-corrected chi connectivity index (χ1v) is 6.05. The molecule has 0 aromatic carbocycles. The second-order valence-electron chi connectivity index (χ2n) is 5.26. The molecule has 0 aliphatic heterocycles. The van der Waals surface area contributed by atoms with Crippen molar-refractivity contribution >= 4 is 0 Å². The molecule has 0 aromatic rings. The Hall–Kier alpha value is -0.120. The van der Waals surface area contributed by atoms with Crippen LogP contribution in [0.1, 0.15) is 39.0 Å². The zero-order chi connectivity index (χ0) is 11.3. The van der Waals surface area contributed by atoms with E-state index in [2.05, 4.69) is 4.90 Å². The smallest absolute Gasteiger partial charge is 0.0638 e. The molecule has 1 fully saturated rings. The molecule has 1 atom stereocenters. The highest BCUT2D eigenvalue weighted by molar-refractivity contribution is 4.85. The molecule has 90 valence electrons. The number of nitrogens with zero attached hydrogens (tertiary/aromatic N) is 1. The highest BCUT2D eigenvalue weighted by atomic mass is 16.3. The van der Waals surface area contributed by atoms with E-state index >= 15 is 0 Å². The molecular weight excluding hydrogens is 190 g/mol. The average Bonchev–Trinajstić information content (AvgIpc) is 2.17. The zero-order valence-electron chi connectivity index (χ0n) is 10.1. The predicted octanol–water partition coefficient (Wildman–Crippen LogP) is 1.24. The Morgan fingerprint density at radius 3 is 2.33 bits per heavy atom. The Morgan fingerprint density at radius 1 is 1.27 bits per heavy atom. The molecule has 0 bridgehead atoms. The molecule has 0 aromatic heterocycles. The SMILES string of the molecule is CC(O)CN(C)CC1(CO)CCCCC1. The number of rotatable bonds is 5. The Morgan fingerprint density at radius 2 is 1.87 bits per heavy atom. The van der Waals surface area contributed by atoms with Crippen LogP contribution in [0.15, 0.2) is 0 Å². The van der Waals surface area contributed by atoms with E-state index in [1.54, 1.807) is 0 Å². The van der Waals surface area contributed by atoms with Crippen molar-refractivity contribution in [2.45, 2.75) is 45.1 Å². The zero-order valence-corrected chi connectivity index (χ0v) is 10.1. The number of likely N-dealkylation sites (N-methyl/N-ethyl adjacent to an activating group) is 1. The van der Waals surface area contributed by atoms with E-state index in [1.165, 1.54) is 19.3 Å². The first kappa shape index (κ1) is 12.9. The van der Waals surface area contributed by atoms with Gasteiger partial charge in [0.25, 0.3) is 0 Å². The van der Waals surface area contributed by atoms with Gasteiger partial charge in [0.1, 0.15) is 0 Å². The lowest BCUT2D eigenvalue weighted by molar-refractivity contribution is 0.0348. The van der Waals surface area contributed by atoms with Gasteiger partial charge in [0, 0.05) is 25.1 Å². The quantitative estimate of drug-likeness (QED) is 0.725. The summed E-state index contributed by atoms with van der Waals surface area (Å²) >= 11 is 0. The fourth-order valence-corrected chi connectivity index (χ4v) is 2.76. The fourth-order valence-electron chi connectivity index (χ4n) is 2.76. The van der Waals surface area contributed by atoms with Crippen molar-refractivity contribution in [3.8, 4) is 0 Å². The maximum atomic E-state index is 9.54. The summed E-state index contributed by atoms with van der Waals surface area (Å²) in [4.78, 5) is 2.15. The summed E-state index contributed by atoms with van der Waals surface area (Å²) in [5.74, 6) is 0. The fraction of sp³-hybridized carbons (Fsp3) is 1.00. The normalized spacial score (nSPS) is 23.0. The standard InChI is InChI=1S/C12H25NO2/c1-11(15)8-13(2)9-12(10-14)6-4-3-5-7-12/h11,14-15H,3-10H2,1-2H3. The van der Waals surface area contributed by atoms with E-state index in [-0.39, 0.29) is 18.1 Å². The lowest BCUT2D eigenvalue weighted by atomic mass is 9.74. The first-order chi connectivity index (χ1) is 7.08. The predicted molar refractivity (Wildman–Crippen MR) is 61.8 cm³/mol. The van der Waals surface area contributed by atoms with Gasteiger partial charge in [-0.3, -0.25) is 0 Å². The summed E-state index contributed by atoms with van der Waals surface area (Å²) in [5, 5.41) is 18.8. The van der Waals surface area contributed by atoms with Crippen LogP contribution in [-0.2, 0) is 0 Å². The molecule has 0 heterocycles. The highest BCUT2D eigenvalue weighted by Crippen LogP contribution is 2.36. The van der Waals surface area contributed by atoms with Crippen molar-refractivity contribution in [1.82, 2.24) is 4.90 Å². The summed E-state index contributed by atoms with van der Waals surface area (Å²) in [6.45, 7) is 3.70.